The number of nitrogens with one attached hydrogen (secondary N) is 1. The Morgan fingerprint density at radius 3 is 2.18 bits per heavy atom. The Morgan fingerprint density at radius 2 is 1.68 bits per heavy atom. The highest BCUT2D eigenvalue weighted by Gasteiger charge is 2.34. The van der Waals surface area contributed by atoms with Gasteiger partial charge in [0.15, 0.2) is 0 Å². The maximum Gasteiger partial charge on any atom is 0.241 e. The summed E-state index contributed by atoms with van der Waals surface area (Å²) in [4.78, 5) is 0.260. The van der Waals surface area contributed by atoms with Gasteiger partial charge in [-0.2, -0.15) is 0 Å². The Balaban J connectivity index is 2.30. The molecule has 0 saturated heterocycles. The number of hydrogen-bond donors (Lipinski definition) is 3. The Labute approximate surface area is 132 Å². The van der Waals surface area contributed by atoms with Crippen molar-refractivity contribution in [3.63, 3.8) is 0 Å². The van der Waals surface area contributed by atoms with Crippen LogP contribution in [0.1, 0.15) is 44.7 Å². The SMILES string of the molecule is Cc1ccc(C(C)(C)C)cc1S(=O)(=O)NC1C[C@@H](O)[C@@H](O)C1. The van der Waals surface area contributed by atoms with E-state index in [-0.39, 0.29) is 23.2 Å². The van der Waals surface area contributed by atoms with E-state index in [9.17, 15) is 18.6 Å². The zero-order valence-electron chi connectivity index (χ0n) is 13.5. The molecule has 0 radical (unpaired) electrons. The minimum Gasteiger partial charge on any atom is -0.390 e. The smallest absolute Gasteiger partial charge is 0.241 e. The monoisotopic (exact) mass is 327 g/mol. The van der Waals surface area contributed by atoms with E-state index in [1.165, 1.54) is 0 Å². The van der Waals surface area contributed by atoms with Gasteiger partial charge in [0.2, 0.25) is 10.0 Å². The summed E-state index contributed by atoms with van der Waals surface area (Å²) in [7, 11) is -3.68. The minimum atomic E-state index is -3.68. The molecule has 1 aliphatic rings. The van der Waals surface area contributed by atoms with Crippen molar-refractivity contribution in [2.45, 2.75) is 69.1 Å². The third-order valence-electron chi connectivity index (χ3n) is 4.16. The van der Waals surface area contributed by atoms with Crippen LogP contribution in [-0.4, -0.2) is 36.9 Å². The predicted octanol–water partition coefficient (Wildman–Crippen LogP) is 1.46. The fourth-order valence-corrected chi connectivity index (χ4v) is 4.26. The standard InChI is InChI=1S/C16H25NO4S/c1-10-5-6-11(16(2,3)4)7-15(10)22(20,21)17-12-8-13(18)14(19)9-12/h5-7,12-14,17-19H,8-9H2,1-4H3/t12?,13-,14+. The average Bonchev–Trinajstić information content (AvgIpc) is 2.66. The molecule has 3 atom stereocenters. The average molecular weight is 327 g/mol. The van der Waals surface area contributed by atoms with Crippen LogP contribution >= 0.6 is 0 Å². The highest BCUT2D eigenvalue weighted by atomic mass is 32.2. The van der Waals surface area contributed by atoms with Crippen molar-refractivity contribution in [3.8, 4) is 0 Å². The summed E-state index contributed by atoms with van der Waals surface area (Å²) >= 11 is 0. The first-order chi connectivity index (χ1) is 10.0. The molecule has 1 aromatic rings. The minimum absolute atomic E-state index is 0.141. The summed E-state index contributed by atoms with van der Waals surface area (Å²) < 4.78 is 27.9. The van der Waals surface area contributed by atoms with Gasteiger partial charge in [0.05, 0.1) is 17.1 Å². The zero-order valence-corrected chi connectivity index (χ0v) is 14.3. The lowest BCUT2D eigenvalue weighted by atomic mass is 9.87. The van der Waals surface area contributed by atoms with Crippen LogP contribution in [0.5, 0.6) is 0 Å². The summed E-state index contributed by atoms with van der Waals surface area (Å²) in [6.45, 7) is 7.86. The van der Waals surface area contributed by atoms with Gasteiger partial charge in [-0.3, -0.25) is 0 Å². The second-order valence-electron chi connectivity index (χ2n) is 7.15. The molecule has 0 spiro atoms. The molecule has 3 N–H and O–H groups in total. The lowest BCUT2D eigenvalue weighted by Gasteiger charge is -2.21. The van der Waals surface area contributed by atoms with Gasteiger partial charge < -0.3 is 10.2 Å². The van der Waals surface area contributed by atoms with Crippen molar-refractivity contribution in [2.75, 3.05) is 0 Å². The molecule has 1 aliphatic carbocycles. The van der Waals surface area contributed by atoms with Crippen molar-refractivity contribution in [3.05, 3.63) is 29.3 Å². The van der Waals surface area contributed by atoms with Gasteiger partial charge in [0.25, 0.3) is 0 Å². The molecule has 5 nitrogen and oxygen atoms in total. The third-order valence-corrected chi connectivity index (χ3v) is 5.82. The normalized spacial score (nSPS) is 26.4. The first-order valence-electron chi connectivity index (χ1n) is 7.50. The van der Waals surface area contributed by atoms with Crippen LogP contribution in [0.15, 0.2) is 23.1 Å². The quantitative estimate of drug-likeness (QED) is 0.784. The number of aliphatic hydroxyl groups is 2. The lowest BCUT2D eigenvalue weighted by molar-refractivity contribution is 0.0438. The van der Waals surface area contributed by atoms with E-state index >= 15 is 0 Å². The van der Waals surface area contributed by atoms with Crippen molar-refractivity contribution < 1.29 is 18.6 Å². The fourth-order valence-electron chi connectivity index (χ4n) is 2.73. The predicted molar refractivity (Wildman–Crippen MR) is 85.2 cm³/mol. The third kappa shape index (κ3) is 3.68. The van der Waals surface area contributed by atoms with E-state index in [4.69, 9.17) is 0 Å². The maximum atomic E-state index is 12.6. The van der Waals surface area contributed by atoms with E-state index in [1.54, 1.807) is 13.0 Å². The highest BCUT2D eigenvalue weighted by molar-refractivity contribution is 7.89. The summed E-state index contributed by atoms with van der Waals surface area (Å²) in [5.41, 5.74) is 1.49. The van der Waals surface area contributed by atoms with Gasteiger partial charge in [-0.25, -0.2) is 13.1 Å². The van der Waals surface area contributed by atoms with Gasteiger partial charge in [0, 0.05) is 6.04 Å². The molecule has 0 aromatic heterocycles. The van der Waals surface area contributed by atoms with Crippen molar-refractivity contribution in [1.29, 1.82) is 0 Å². The van der Waals surface area contributed by atoms with E-state index in [0.717, 1.165) is 5.56 Å². The van der Waals surface area contributed by atoms with Crippen LogP contribution in [-0.2, 0) is 15.4 Å². The number of hydrogen-bond acceptors (Lipinski definition) is 4. The Morgan fingerprint density at radius 1 is 1.14 bits per heavy atom. The molecule has 0 aliphatic heterocycles. The topological polar surface area (TPSA) is 86.6 Å². The second kappa shape index (κ2) is 5.92. The lowest BCUT2D eigenvalue weighted by Crippen LogP contribution is -2.34. The van der Waals surface area contributed by atoms with Gasteiger partial charge in [-0.15, -0.1) is 0 Å². The van der Waals surface area contributed by atoms with Crippen molar-refractivity contribution in [2.24, 2.45) is 0 Å². The van der Waals surface area contributed by atoms with Crippen LogP contribution in [0.2, 0.25) is 0 Å². The molecule has 1 fully saturated rings. The Kier molecular flexibility index (Phi) is 4.69. The first kappa shape index (κ1) is 17.4. The number of aliphatic hydroxyl groups excluding tert-OH is 2. The summed E-state index contributed by atoms with van der Waals surface area (Å²) in [5.74, 6) is 0. The van der Waals surface area contributed by atoms with Crippen molar-refractivity contribution in [1.82, 2.24) is 4.72 Å². The number of aryl methyl sites for hydroxylation is 1. The molecule has 22 heavy (non-hydrogen) atoms. The number of benzene rings is 1. The van der Waals surface area contributed by atoms with Gasteiger partial charge in [-0.1, -0.05) is 32.9 Å². The fraction of sp³-hybridized carbons (Fsp3) is 0.625. The molecule has 0 bridgehead atoms. The molecular formula is C16H25NO4S. The number of sulfonamides is 1. The number of rotatable bonds is 3. The van der Waals surface area contributed by atoms with Gasteiger partial charge in [-0.05, 0) is 42.4 Å². The first-order valence-corrected chi connectivity index (χ1v) is 8.98. The van der Waals surface area contributed by atoms with Crippen LogP contribution < -0.4 is 4.72 Å². The van der Waals surface area contributed by atoms with Gasteiger partial charge in [0.1, 0.15) is 0 Å². The largest absolute Gasteiger partial charge is 0.390 e. The van der Waals surface area contributed by atoms with Crippen LogP contribution in [0.4, 0.5) is 0 Å². The Bertz CT molecular complexity index is 639. The molecule has 0 heterocycles. The van der Waals surface area contributed by atoms with E-state index in [0.29, 0.717) is 5.56 Å². The molecule has 124 valence electrons. The molecule has 0 amide bonds. The van der Waals surface area contributed by atoms with E-state index in [2.05, 4.69) is 4.72 Å². The van der Waals surface area contributed by atoms with Crippen LogP contribution in [0, 0.1) is 6.92 Å². The Hall–Kier alpha value is -0.950. The maximum absolute atomic E-state index is 12.6. The van der Waals surface area contributed by atoms with Crippen molar-refractivity contribution >= 4 is 10.0 Å². The van der Waals surface area contributed by atoms with Crippen LogP contribution in [0.25, 0.3) is 0 Å². The molecule has 2 rings (SSSR count). The molecule has 1 aromatic carbocycles. The molecule has 6 heteroatoms. The molecule has 1 unspecified atom stereocenters. The van der Waals surface area contributed by atoms with E-state index in [1.807, 2.05) is 32.9 Å². The van der Waals surface area contributed by atoms with E-state index < -0.39 is 28.3 Å². The highest BCUT2D eigenvalue weighted by Crippen LogP contribution is 2.28. The van der Waals surface area contributed by atoms with Crippen LogP contribution in [0.3, 0.4) is 0 Å². The summed E-state index contributed by atoms with van der Waals surface area (Å²) in [6, 6.07) is 5.03. The summed E-state index contributed by atoms with van der Waals surface area (Å²) in [5, 5.41) is 19.1. The summed E-state index contributed by atoms with van der Waals surface area (Å²) in [6.07, 6.45) is -1.26. The second-order valence-corrected chi connectivity index (χ2v) is 8.84. The van der Waals surface area contributed by atoms with Gasteiger partial charge >= 0.3 is 0 Å². The molecular weight excluding hydrogens is 302 g/mol. The molecule has 1 saturated carbocycles. The zero-order chi connectivity index (χ0) is 16.7.